The van der Waals surface area contributed by atoms with E-state index in [0.717, 1.165) is 12.0 Å². The summed E-state index contributed by atoms with van der Waals surface area (Å²) in [4.78, 5) is 35.2. The lowest BCUT2D eigenvalue weighted by Gasteiger charge is -2.43. The van der Waals surface area contributed by atoms with Gasteiger partial charge in [0.05, 0.1) is 24.9 Å². The second-order valence-electron chi connectivity index (χ2n) is 11.4. The van der Waals surface area contributed by atoms with E-state index in [9.17, 15) is 14.4 Å². The second-order valence-corrected chi connectivity index (χ2v) is 11.4. The van der Waals surface area contributed by atoms with Crippen LogP contribution in [0, 0.1) is 5.92 Å². The number of epoxide rings is 1. The number of esters is 2. The third-order valence-electron chi connectivity index (χ3n) is 7.70. The fourth-order valence-electron chi connectivity index (χ4n) is 5.39. The Kier molecular flexibility index (Phi) is 10.7. The number of rotatable bonds is 10. The number of nitrogens with one attached hydrogen (secondary N) is 1. The summed E-state index contributed by atoms with van der Waals surface area (Å²) in [5.41, 5.74) is 0.428. The molecule has 40 heavy (non-hydrogen) atoms. The lowest BCUT2D eigenvalue weighted by atomic mass is 9.87. The summed E-state index contributed by atoms with van der Waals surface area (Å²) in [6, 6.07) is -0.119. The van der Waals surface area contributed by atoms with E-state index in [4.69, 9.17) is 28.4 Å². The van der Waals surface area contributed by atoms with Gasteiger partial charge in [0, 0.05) is 33.5 Å². The highest BCUT2D eigenvalue weighted by Crippen LogP contribution is 2.48. The van der Waals surface area contributed by atoms with Crippen LogP contribution in [0.25, 0.3) is 0 Å². The zero-order chi connectivity index (χ0) is 29.7. The average molecular weight is 564 g/mol. The van der Waals surface area contributed by atoms with Crippen LogP contribution in [-0.2, 0) is 42.8 Å². The van der Waals surface area contributed by atoms with Gasteiger partial charge in [-0.3, -0.25) is 14.4 Å². The van der Waals surface area contributed by atoms with E-state index in [-0.39, 0.29) is 36.0 Å². The maximum Gasteiger partial charge on any atom is 0.303 e. The van der Waals surface area contributed by atoms with Gasteiger partial charge in [-0.05, 0) is 52.5 Å². The van der Waals surface area contributed by atoms with Crippen molar-refractivity contribution < 1.29 is 42.8 Å². The number of ether oxygens (including phenoxy) is 6. The van der Waals surface area contributed by atoms with Gasteiger partial charge in [-0.15, -0.1) is 0 Å². The Bertz CT molecular complexity index is 1020. The molecular formula is C30H45NO9. The molecule has 3 aliphatic rings. The first-order chi connectivity index (χ1) is 18.8. The summed E-state index contributed by atoms with van der Waals surface area (Å²) >= 11 is 0. The highest BCUT2D eigenvalue weighted by molar-refractivity contribution is 5.87. The van der Waals surface area contributed by atoms with Crippen LogP contribution in [0.15, 0.2) is 36.0 Å². The molecule has 1 spiro atoms. The van der Waals surface area contributed by atoms with Gasteiger partial charge in [-0.25, -0.2) is 0 Å². The Morgan fingerprint density at radius 1 is 1.12 bits per heavy atom. The molecule has 1 amide bonds. The number of carbonyl (C=O) groups is 3. The zero-order valence-electron chi connectivity index (χ0n) is 24.9. The highest BCUT2D eigenvalue weighted by Gasteiger charge is 2.64. The van der Waals surface area contributed by atoms with E-state index in [1.54, 1.807) is 20.1 Å². The molecule has 3 saturated heterocycles. The van der Waals surface area contributed by atoms with Crippen molar-refractivity contribution in [3.8, 4) is 0 Å². The molecule has 0 saturated carbocycles. The molecule has 9 atom stereocenters. The molecule has 0 aromatic carbocycles. The first-order valence-corrected chi connectivity index (χ1v) is 14.0. The van der Waals surface area contributed by atoms with Crippen molar-refractivity contribution in [3.63, 3.8) is 0 Å². The van der Waals surface area contributed by atoms with Crippen LogP contribution in [-0.4, -0.2) is 79.5 Å². The van der Waals surface area contributed by atoms with Gasteiger partial charge in [-0.2, -0.15) is 0 Å². The maximum atomic E-state index is 12.4. The van der Waals surface area contributed by atoms with E-state index in [2.05, 4.69) is 18.3 Å². The first kappa shape index (κ1) is 32.0. The SMILES string of the molecule is CO[C@]1(C)C[C@@]2(CO2)[C@H](OC(C)=O)[C@@H](/C=C/C(C)=C/C[C@@H]2O[C@H](C)[C@H](NC(=O)/C=C\[C@H](C)OC(C)=O)C[C@@H]2C)O1. The molecule has 0 unspecified atom stereocenters. The lowest BCUT2D eigenvalue weighted by Crippen LogP contribution is -2.57. The Morgan fingerprint density at radius 2 is 1.82 bits per heavy atom. The van der Waals surface area contributed by atoms with Gasteiger partial charge in [0.25, 0.3) is 0 Å². The normalized spacial score (nSPS) is 37.0. The summed E-state index contributed by atoms with van der Waals surface area (Å²) in [6.45, 7) is 12.9. The molecule has 0 bridgehead atoms. The number of hydrogen-bond donors (Lipinski definition) is 1. The minimum atomic E-state index is -0.844. The first-order valence-electron chi connectivity index (χ1n) is 14.0. The molecule has 3 rings (SSSR count). The standard InChI is InChI=1S/C30H45NO9/c1-18(10-13-26-28(39-23(6)33)30(17-36-30)16-29(7,35-8)40-26)9-12-25-19(2)15-24(21(4)38-25)31-27(34)14-11-20(3)37-22(5)32/h9-11,13-14,19-21,24-26,28H,12,15-17H2,1-8H3,(H,31,34)/b13-10+,14-11-,18-9+/t19-,20-,21+,24+,25-,26+,28+,29-,30+/m0/s1. The van der Waals surface area contributed by atoms with Crippen LogP contribution in [0.3, 0.4) is 0 Å². The molecule has 10 heteroatoms. The molecule has 3 heterocycles. The maximum absolute atomic E-state index is 12.4. The van der Waals surface area contributed by atoms with Crippen molar-refractivity contribution in [3.05, 3.63) is 36.0 Å². The van der Waals surface area contributed by atoms with Crippen LogP contribution in [0.1, 0.15) is 67.7 Å². The van der Waals surface area contributed by atoms with Gasteiger partial charge in [0.1, 0.15) is 17.8 Å². The van der Waals surface area contributed by atoms with Crippen LogP contribution >= 0.6 is 0 Å². The molecule has 0 aromatic heterocycles. The monoisotopic (exact) mass is 563 g/mol. The predicted octanol–water partition coefficient (Wildman–Crippen LogP) is 3.54. The van der Waals surface area contributed by atoms with Gasteiger partial charge >= 0.3 is 11.9 Å². The van der Waals surface area contributed by atoms with Gasteiger partial charge < -0.3 is 33.7 Å². The average Bonchev–Trinajstić information content (AvgIpc) is 3.63. The fraction of sp³-hybridized carbons (Fsp3) is 0.700. The van der Waals surface area contributed by atoms with E-state index in [1.165, 1.54) is 19.9 Å². The zero-order valence-corrected chi connectivity index (χ0v) is 24.9. The molecule has 3 aliphatic heterocycles. The van der Waals surface area contributed by atoms with Crippen molar-refractivity contribution in [2.24, 2.45) is 5.92 Å². The topological polar surface area (TPSA) is 122 Å². The number of amides is 1. The summed E-state index contributed by atoms with van der Waals surface area (Å²) in [5, 5.41) is 3.00. The quantitative estimate of drug-likeness (QED) is 0.184. The van der Waals surface area contributed by atoms with Crippen molar-refractivity contribution >= 4 is 17.8 Å². The Labute approximate surface area is 237 Å². The van der Waals surface area contributed by atoms with Crippen LogP contribution in [0.2, 0.25) is 0 Å². The fourth-order valence-corrected chi connectivity index (χ4v) is 5.39. The predicted molar refractivity (Wildman–Crippen MR) is 147 cm³/mol. The number of carbonyl (C=O) groups excluding carboxylic acids is 3. The summed E-state index contributed by atoms with van der Waals surface area (Å²) < 4.78 is 34.5. The molecule has 0 aromatic rings. The third-order valence-corrected chi connectivity index (χ3v) is 7.70. The Morgan fingerprint density at radius 3 is 2.42 bits per heavy atom. The third kappa shape index (κ3) is 8.73. The Hall–Kier alpha value is -2.53. The van der Waals surface area contributed by atoms with Gasteiger partial charge in [0.2, 0.25) is 5.91 Å². The highest BCUT2D eigenvalue weighted by atomic mass is 16.7. The minimum absolute atomic E-state index is 0.00525. The van der Waals surface area contributed by atoms with Crippen LogP contribution < -0.4 is 5.32 Å². The van der Waals surface area contributed by atoms with E-state index < -0.39 is 35.7 Å². The van der Waals surface area contributed by atoms with Crippen molar-refractivity contribution in [1.29, 1.82) is 0 Å². The van der Waals surface area contributed by atoms with Gasteiger partial charge in [-0.1, -0.05) is 30.7 Å². The van der Waals surface area contributed by atoms with E-state index >= 15 is 0 Å². The largest absolute Gasteiger partial charge is 0.459 e. The van der Waals surface area contributed by atoms with Crippen molar-refractivity contribution in [1.82, 2.24) is 5.32 Å². The summed E-state index contributed by atoms with van der Waals surface area (Å²) in [6.07, 6.45) is 9.20. The number of hydrogen-bond acceptors (Lipinski definition) is 9. The molecule has 10 nitrogen and oxygen atoms in total. The van der Waals surface area contributed by atoms with Gasteiger partial charge in [0.15, 0.2) is 11.9 Å². The van der Waals surface area contributed by atoms with E-state index in [0.29, 0.717) is 19.4 Å². The molecule has 0 radical (unpaired) electrons. The molecular weight excluding hydrogens is 518 g/mol. The van der Waals surface area contributed by atoms with Crippen molar-refractivity contribution in [2.45, 2.75) is 116 Å². The lowest BCUT2D eigenvalue weighted by molar-refractivity contribution is -0.287. The van der Waals surface area contributed by atoms with Crippen LogP contribution in [0.4, 0.5) is 0 Å². The minimum Gasteiger partial charge on any atom is -0.459 e. The summed E-state index contributed by atoms with van der Waals surface area (Å²) in [7, 11) is 1.60. The van der Waals surface area contributed by atoms with Crippen molar-refractivity contribution in [2.75, 3.05) is 13.7 Å². The smallest absolute Gasteiger partial charge is 0.303 e. The number of allylic oxidation sites excluding steroid dienone is 2. The molecule has 0 aliphatic carbocycles. The molecule has 224 valence electrons. The summed E-state index contributed by atoms with van der Waals surface area (Å²) in [5.74, 6) is -1.64. The Balaban J connectivity index is 1.56. The number of methoxy groups -OCH3 is 1. The second kappa shape index (κ2) is 13.4. The molecule has 1 N–H and O–H groups in total. The van der Waals surface area contributed by atoms with Crippen LogP contribution in [0.5, 0.6) is 0 Å². The molecule has 3 fully saturated rings. The van der Waals surface area contributed by atoms with E-state index in [1.807, 2.05) is 32.9 Å².